The van der Waals surface area contributed by atoms with E-state index < -0.39 is 0 Å². The first kappa shape index (κ1) is 10.1. The topological polar surface area (TPSA) is 9.23 Å². The molecule has 0 bridgehead atoms. The first-order valence-corrected chi connectivity index (χ1v) is 4.89. The summed E-state index contributed by atoms with van der Waals surface area (Å²) >= 11 is 3.23. The van der Waals surface area contributed by atoms with Crippen molar-refractivity contribution in [2.45, 2.75) is 0 Å². The van der Waals surface area contributed by atoms with E-state index in [1.807, 2.05) is 35.3 Å². The van der Waals surface area contributed by atoms with Crippen LogP contribution in [0.25, 0.3) is 6.08 Å². The van der Waals surface area contributed by atoms with Gasteiger partial charge in [-0.25, -0.2) is 0 Å². The van der Waals surface area contributed by atoms with Crippen molar-refractivity contribution >= 4 is 22.0 Å². The largest absolute Gasteiger partial charge is 0.489 e. The molecule has 1 rings (SSSR count). The minimum Gasteiger partial charge on any atom is -0.489 e. The molecule has 0 aliphatic carbocycles. The summed E-state index contributed by atoms with van der Waals surface area (Å²) in [5, 5.41) is 0. The van der Waals surface area contributed by atoms with Gasteiger partial charge < -0.3 is 4.74 Å². The first-order valence-electron chi connectivity index (χ1n) is 3.98. The minimum atomic E-state index is 0.535. The van der Waals surface area contributed by atoms with Crippen LogP contribution < -0.4 is 4.74 Å². The molecule has 0 aliphatic rings. The second kappa shape index (κ2) is 5.60. The Morgan fingerprint density at radius 1 is 1.38 bits per heavy atom. The third kappa shape index (κ3) is 3.07. The van der Waals surface area contributed by atoms with E-state index in [0.717, 1.165) is 11.3 Å². The highest BCUT2D eigenvalue weighted by atomic mass is 79.9. The van der Waals surface area contributed by atoms with E-state index in [4.69, 9.17) is 4.74 Å². The lowest BCUT2D eigenvalue weighted by molar-refractivity contribution is 0.362. The van der Waals surface area contributed by atoms with Gasteiger partial charge in [-0.3, -0.25) is 0 Å². The van der Waals surface area contributed by atoms with Crippen LogP contribution in [0.15, 0.2) is 41.9 Å². The van der Waals surface area contributed by atoms with Crippen molar-refractivity contribution in [1.82, 2.24) is 0 Å². The SMILES string of the molecule is C=CCOc1ccccc1/C=C/Br. The van der Waals surface area contributed by atoms with Crippen molar-refractivity contribution in [3.8, 4) is 5.75 Å². The van der Waals surface area contributed by atoms with Crippen LogP contribution in [0.3, 0.4) is 0 Å². The summed E-state index contributed by atoms with van der Waals surface area (Å²) in [4.78, 5) is 1.81. The van der Waals surface area contributed by atoms with E-state index >= 15 is 0 Å². The number of benzene rings is 1. The Morgan fingerprint density at radius 2 is 2.15 bits per heavy atom. The summed E-state index contributed by atoms with van der Waals surface area (Å²) in [7, 11) is 0. The zero-order valence-corrected chi connectivity index (χ0v) is 8.83. The zero-order chi connectivity index (χ0) is 9.52. The summed E-state index contributed by atoms with van der Waals surface area (Å²) in [5.74, 6) is 0.873. The molecule has 0 heterocycles. The van der Waals surface area contributed by atoms with Crippen LogP contribution in [0.5, 0.6) is 5.75 Å². The molecule has 0 aromatic heterocycles. The Labute approximate surface area is 86.9 Å². The molecule has 1 nitrogen and oxygen atoms in total. The molecule has 0 atom stereocenters. The highest BCUT2D eigenvalue weighted by Gasteiger charge is 1.96. The van der Waals surface area contributed by atoms with E-state index in [-0.39, 0.29) is 0 Å². The summed E-state index contributed by atoms with van der Waals surface area (Å²) in [6.45, 7) is 4.13. The van der Waals surface area contributed by atoms with Gasteiger partial charge in [0.1, 0.15) is 12.4 Å². The van der Waals surface area contributed by atoms with E-state index in [0.29, 0.717) is 6.61 Å². The second-order valence-corrected chi connectivity index (χ2v) is 2.96. The van der Waals surface area contributed by atoms with Crippen molar-refractivity contribution in [2.75, 3.05) is 6.61 Å². The summed E-state index contributed by atoms with van der Waals surface area (Å²) in [6.07, 6.45) is 3.67. The zero-order valence-electron chi connectivity index (χ0n) is 7.24. The van der Waals surface area contributed by atoms with Crippen LogP contribution in [-0.4, -0.2) is 6.61 Å². The molecule has 0 N–H and O–H groups in total. The smallest absolute Gasteiger partial charge is 0.127 e. The maximum atomic E-state index is 5.45. The van der Waals surface area contributed by atoms with Crippen LogP contribution >= 0.6 is 15.9 Å². The molecule has 0 amide bonds. The maximum Gasteiger partial charge on any atom is 0.127 e. The van der Waals surface area contributed by atoms with Gasteiger partial charge in [0, 0.05) is 5.56 Å². The molecular weight excluding hydrogens is 228 g/mol. The fourth-order valence-electron chi connectivity index (χ4n) is 0.966. The lowest BCUT2D eigenvalue weighted by atomic mass is 10.2. The summed E-state index contributed by atoms with van der Waals surface area (Å²) in [5.41, 5.74) is 1.06. The standard InChI is InChI=1S/C11H11BrO/c1-2-9-13-11-6-4-3-5-10(11)7-8-12/h2-8H,1,9H2/b8-7+. The Kier molecular flexibility index (Phi) is 4.33. The monoisotopic (exact) mass is 238 g/mol. The summed E-state index contributed by atoms with van der Waals surface area (Å²) < 4.78 is 5.45. The average Bonchev–Trinajstić information content (AvgIpc) is 2.17. The van der Waals surface area contributed by atoms with Gasteiger partial charge >= 0.3 is 0 Å². The van der Waals surface area contributed by atoms with Gasteiger partial charge in [-0.05, 0) is 17.1 Å². The van der Waals surface area contributed by atoms with Gasteiger partial charge in [0.15, 0.2) is 0 Å². The van der Waals surface area contributed by atoms with E-state index in [1.165, 1.54) is 0 Å². The molecule has 0 spiro atoms. The number of halogens is 1. The van der Waals surface area contributed by atoms with Crippen LogP contribution in [0.2, 0.25) is 0 Å². The minimum absolute atomic E-state index is 0.535. The number of para-hydroxylation sites is 1. The Morgan fingerprint density at radius 3 is 2.85 bits per heavy atom. The van der Waals surface area contributed by atoms with Crippen LogP contribution in [0.1, 0.15) is 5.56 Å². The molecule has 68 valence electrons. The maximum absolute atomic E-state index is 5.45. The molecule has 1 aromatic carbocycles. The number of hydrogen-bond donors (Lipinski definition) is 0. The van der Waals surface area contributed by atoms with Crippen molar-refractivity contribution in [3.05, 3.63) is 47.5 Å². The van der Waals surface area contributed by atoms with Crippen molar-refractivity contribution < 1.29 is 4.74 Å². The fourth-order valence-corrected chi connectivity index (χ4v) is 1.25. The van der Waals surface area contributed by atoms with Gasteiger partial charge in [-0.15, -0.1) is 0 Å². The first-order chi connectivity index (χ1) is 6.38. The number of ether oxygens (including phenoxy) is 1. The second-order valence-electron chi connectivity index (χ2n) is 2.43. The molecule has 0 radical (unpaired) electrons. The predicted molar refractivity (Wildman–Crippen MR) is 60.1 cm³/mol. The van der Waals surface area contributed by atoms with Crippen molar-refractivity contribution in [2.24, 2.45) is 0 Å². The molecule has 0 fully saturated rings. The normalized spacial score (nSPS) is 10.2. The number of hydrogen-bond acceptors (Lipinski definition) is 1. The Hall–Kier alpha value is -1.02. The molecule has 0 saturated heterocycles. The molecule has 1 aromatic rings. The molecule has 0 saturated carbocycles. The van der Waals surface area contributed by atoms with Gasteiger partial charge in [0.2, 0.25) is 0 Å². The molecule has 13 heavy (non-hydrogen) atoms. The van der Waals surface area contributed by atoms with Crippen molar-refractivity contribution in [1.29, 1.82) is 0 Å². The molecule has 2 heteroatoms. The van der Waals surface area contributed by atoms with Gasteiger partial charge in [0.25, 0.3) is 0 Å². The highest BCUT2D eigenvalue weighted by molar-refractivity contribution is 9.11. The third-order valence-electron chi connectivity index (χ3n) is 1.52. The predicted octanol–water partition coefficient (Wildman–Crippen LogP) is 3.62. The van der Waals surface area contributed by atoms with Gasteiger partial charge in [-0.1, -0.05) is 46.8 Å². The van der Waals surface area contributed by atoms with Gasteiger partial charge in [-0.2, -0.15) is 0 Å². The van der Waals surface area contributed by atoms with Gasteiger partial charge in [0.05, 0.1) is 0 Å². The number of rotatable bonds is 4. The lowest BCUT2D eigenvalue weighted by Crippen LogP contribution is -1.94. The highest BCUT2D eigenvalue weighted by Crippen LogP contribution is 2.19. The van der Waals surface area contributed by atoms with E-state index in [2.05, 4.69) is 22.5 Å². The van der Waals surface area contributed by atoms with Crippen LogP contribution in [0.4, 0.5) is 0 Å². The molecule has 0 aliphatic heterocycles. The Bertz CT molecular complexity index is 305. The van der Waals surface area contributed by atoms with E-state index in [9.17, 15) is 0 Å². The lowest BCUT2D eigenvalue weighted by Gasteiger charge is -2.05. The quantitative estimate of drug-likeness (QED) is 0.729. The van der Waals surface area contributed by atoms with E-state index in [1.54, 1.807) is 6.08 Å². The third-order valence-corrected chi connectivity index (χ3v) is 1.78. The molecular formula is C11H11BrO. The van der Waals surface area contributed by atoms with Crippen molar-refractivity contribution in [3.63, 3.8) is 0 Å². The summed E-state index contributed by atoms with van der Waals surface area (Å²) in [6, 6.07) is 7.86. The van der Waals surface area contributed by atoms with Crippen LogP contribution in [0, 0.1) is 0 Å². The fraction of sp³-hybridized carbons (Fsp3) is 0.0909. The average molecular weight is 239 g/mol. The Balaban J connectivity index is 2.83. The molecule has 0 unspecified atom stereocenters. The van der Waals surface area contributed by atoms with Crippen LogP contribution in [-0.2, 0) is 0 Å².